The lowest BCUT2D eigenvalue weighted by Gasteiger charge is -2.35. The summed E-state index contributed by atoms with van der Waals surface area (Å²) in [5.74, 6) is 0.514. The maximum absolute atomic E-state index is 13.1. The summed E-state index contributed by atoms with van der Waals surface area (Å²) in [5.41, 5.74) is 3.20. The van der Waals surface area contributed by atoms with Crippen LogP contribution in [0.3, 0.4) is 0 Å². The molecule has 33 heavy (non-hydrogen) atoms. The molecule has 0 spiro atoms. The number of fused-ring (bicyclic) bond motifs is 1. The van der Waals surface area contributed by atoms with Crippen LogP contribution in [0.5, 0.6) is 0 Å². The molecule has 1 aliphatic rings. The van der Waals surface area contributed by atoms with E-state index in [0.717, 1.165) is 5.56 Å². The van der Waals surface area contributed by atoms with Gasteiger partial charge in [0, 0.05) is 31.7 Å². The van der Waals surface area contributed by atoms with Crippen LogP contribution in [0.2, 0.25) is 0 Å². The second-order valence-electron chi connectivity index (χ2n) is 8.36. The molecular formula is C24H25N5O4. The SMILES string of the molecule is Cc1ccc(-c2noc(CN3CCN(C(=O)C(C)n4c(=O)oc5ccccc54)CC3)n2)cc1. The summed E-state index contributed by atoms with van der Waals surface area (Å²) in [4.78, 5) is 33.9. The second kappa shape index (κ2) is 8.67. The van der Waals surface area contributed by atoms with Crippen LogP contribution in [0.25, 0.3) is 22.5 Å². The third-order valence-electron chi connectivity index (χ3n) is 6.08. The van der Waals surface area contributed by atoms with Crippen molar-refractivity contribution in [1.82, 2.24) is 24.5 Å². The smallest absolute Gasteiger partial charge is 0.408 e. The number of carbonyl (C=O) groups excluding carboxylic acids is 1. The Labute approximate surface area is 190 Å². The first-order valence-electron chi connectivity index (χ1n) is 11.0. The molecule has 5 rings (SSSR count). The third kappa shape index (κ3) is 4.19. The minimum absolute atomic E-state index is 0.0947. The normalized spacial score (nSPS) is 15.8. The first kappa shape index (κ1) is 21.1. The Morgan fingerprint density at radius 3 is 2.55 bits per heavy atom. The average molecular weight is 447 g/mol. The Kier molecular flexibility index (Phi) is 5.55. The minimum Gasteiger partial charge on any atom is -0.408 e. The lowest BCUT2D eigenvalue weighted by atomic mass is 10.1. The van der Waals surface area contributed by atoms with Gasteiger partial charge in [-0.2, -0.15) is 4.98 Å². The molecule has 1 amide bonds. The maximum atomic E-state index is 13.1. The fourth-order valence-corrected chi connectivity index (χ4v) is 4.18. The van der Waals surface area contributed by atoms with Crippen LogP contribution >= 0.6 is 0 Å². The van der Waals surface area contributed by atoms with E-state index in [4.69, 9.17) is 8.94 Å². The van der Waals surface area contributed by atoms with Crippen molar-refractivity contribution in [2.24, 2.45) is 0 Å². The van der Waals surface area contributed by atoms with E-state index in [-0.39, 0.29) is 5.91 Å². The van der Waals surface area contributed by atoms with E-state index in [1.54, 1.807) is 30.0 Å². The number of para-hydroxylation sites is 2. The van der Waals surface area contributed by atoms with Crippen molar-refractivity contribution in [2.75, 3.05) is 26.2 Å². The molecule has 2 aromatic heterocycles. The number of aromatic nitrogens is 3. The van der Waals surface area contributed by atoms with E-state index in [1.807, 2.05) is 37.3 Å². The van der Waals surface area contributed by atoms with Crippen molar-refractivity contribution < 1.29 is 13.7 Å². The molecule has 0 bridgehead atoms. The zero-order valence-corrected chi connectivity index (χ0v) is 18.6. The predicted octanol–water partition coefficient (Wildman–Crippen LogP) is 2.86. The maximum Gasteiger partial charge on any atom is 0.420 e. The molecule has 3 heterocycles. The molecule has 0 radical (unpaired) electrons. The third-order valence-corrected chi connectivity index (χ3v) is 6.08. The summed E-state index contributed by atoms with van der Waals surface area (Å²) in [6.07, 6.45) is 0. The van der Waals surface area contributed by atoms with Crippen molar-refractivity contribution >= 4 is 17.0 Å². The summed E-state index contributed by atoms with van der Waals surface area (Å²) in [6, 6.07) is 14.5. The van der Waals surface area contributed by atoms with E-state index in [0.29, 0.717) is 55.5 Å². The lowest BCUT2D eigenvalue weighted by Crippen LogP contribution is -2.50. The zero-order chi connectivity index (χ0) is 22.9. The van der Waals surface area contributed by atoms with E-state index < -0.39 is 11.8 Å². The molecule has 0 N–H and O–H groups in total. The fraction of sp³-hybridized carbons (Fsp3) is 0.333. The lowest BCUT2D eigenvalue weighted by molar-refractivity contribution is -0.136. The van der Waals surface area contributed by atoms with Gasteiger partial charge in [-0.05, 0) is 26.0 Å². The zero-order valence-electron chi connectivity index (χ0n) is 18.6. The Hall–Kier alpha value is -3.72. The van der Waals surface area contributed by atoms with Gasteiger partial charge >= 0.3 is 5.76 Å². The van der Waals surface area contributed by atoms with Crippen LogP contribution in [0, 0.1) is 6.92 Å². The fourth-order valence-electron chi connectivity index (χ4n) is 4.18. The molecule has 9 nitrogen and oxygen atoms in total. The Morgan fingerprint density at radius 1 is 1.06 bits per heavy atom. The number of aryl methyl sites for hydroxylation is 1. The van der Waals surface area contributed by atoms with Crippen LogP contribution in [0.15, 0.2) is 62.3 Å². The number of carbonyl (C=O) groups is 1. The second-order valence-corrected chi connectivity index (χ2v) is 8.36. The standard InChI is InChI=1S/C24H25N5O4/c1-16-7-9-18(10-8-16)22-25-21(33-26-22)15-27-11-13-28(14-12-27)23(30)17(2)29-19-5-3-4-6-20(19)32-24(29)31/h3-10,17H,11-15H2,1-2H3. The van der Waals surface area contributed by atoms with Gasteiger partial charge < -0.3 is 13.8 Å². The number of hydrogen-bond acceptors (Lipinski definition) is 7. The molecule has 9 heteroatoms. The molecule has 1 atom stereocenters. The average Bonchev–Trinajstić information content (AvgIpc) is 3.42. The highest BCUT2D eigenvalue weighted by Gasteiger charge is 2.29. The topological polar surface area (TPSA) is 97.6 Å². The molecule has 1 fully saturated rings. The molecule has 0 saturated carbocycles. The Balaban J connectivity index is 1.20. The van der Waals surface area contributed by atoms with Gasteiger partial charge in [0.05, 0.1) is 12.1 Å². The van der Waals surface area contributed by atoms with Crippen LogP contribution < -0.4 is 5.76 Å². The van der Waals surface area contributed by atoms with Crippen molar-refractivity contribution in [2.45, 2.75) is 26.4 Å². The summed E-state index contributed by atoms with van der Waals surface area (Å²) in [7, 11) is 0. The minimum atomic E-state index is -0.638. The van der Waals surface area contributed by atoms with Gasteiger partial charge in [-0.1, -0.05) is 47.1 Å². The van der Waals surface area contributed by atoms with Gasteiger partial charge in [-0.25, -0.2) is 4.79 Å². The molecule has 170 valence electrons. The summed E-state index contributed by atoms with van der Waals surface area (Å²) < 4.78 is 12.1. The van der Waals surface area contributed by atoms with Gasteiger partial charge in [-0.3, -0.25) is 14.3 Å². The highest BCUT2D eigenvalue weighted by molar-refractivity contribution is 5.83. The molecule has 1 saturated heterocycles. The first-order chi connectivity index (χ1) is 16.0. The van der Waals surface area contributed by atoms with Crippen molar-refractivity contribution in [3.8, 4) is 11.4 Å². The van der Waals surface area contributed by atoms with Crippen LogP contribution in [-0.2, 0) is 11.3 Å². The van der Waals surface area contributed by atoms with E-state index in [1.165, 1.54) is 10.1 Å². The van der Waals surface area contributed by atoms with Crippen LogP contribution in [0.4, 0.5) is 0 Å². The quantitative estimate of drug-likeness (QED) is 0.464. The summed E-state index contributed by atoms with van der Waals surface area (Å²) >= 11 is 0. The van der Waals surface area contributed by atoms with Gasteiger partial charge in [0.15, 0.2) is 5.58 Å². The van der Waals surface area contributed by atoms with Gasteiger partial charge in [0.1, 0.15) is 6.04 Å². The largest absolute Gasteiger partial charge is 0.420 e. The number of rotatable bonds is 5. The van der Waals surface area contributed by atoms with Gasteiger partial charge in [0.2, 0.25) is 17.6 Å². The monoisotopic (exact) mass is 447 g/mol. The van der Waals surface area contributed by atoms with Crippen LogP contribution in [0.1, 0.15) is 24.4 Å². The van der Waals surface area contributed by atoms with E-state index in [2.05, 4.69) is 15.0 Å². The number of benzene rings is 2. The van der Waals surface area contributed by atoms with Gasteiger partial charge in [-0.15, -0.1) is 0 Å². The molecule has 1 aliphatic heterocycles. The molecule has 4 aromatic rings. The van der Waals surface area contributed by atoms with Crippen molar-refractivity contribution in [3.05, 3.63) is 70.5 Å². The number of nitrogens with zero attached hydrogens (tertiary/aromatic N) is 5. The molecule has 2 aromatic carbocycles. The molecular weight excluding hydrogens is 422 g/mol. The van der Waals surface area contributed by atoms with E-state index in [9.17, 15) is 9.59 Å². The Bertz CT molecular complexity index is 1330. The number of piperazine rings is 1. The highest BCUT2D eigenvalue weighted by atomic mass is 16.5. The van der Waals surface area contributed by atoms with E-state index >= 15 is 0 Å². The first-order valence-corrected chi connectivity index (χ1v) is 11.0. The highest BCUT2D eigenvalue weighted by Crippen LogP contribution is 2.20. The van der Waals surface area contributed by atoms with Crippen LogP contribution in [-0.4, -0.2) is 56.6 Å². The number of amides is 1. The number of oxazole rings is 1. The van der Waals surface area contributed by atoms with Crippen molar-refractivity contribution in [1.29, 1.82) is 0 Å². The number of hydrogen-bond donors (Lipinski definition) is 0. The summed E-state index contributed by atoms with van der Waals surface area (Å²) in [6.45, 7) is 6.79. The molecule has 1 unspecified atom stereocenters. The van der Waals surface area contributed by atoms with Gasteiger partial charge in [0.25, 0.3) is 0 Å². The molecule has 0 aliphatic carbocycles. The summed E-state index contributed by atoms with van der Waals surface area (Å²) in [5, 5.41) is 4.09. The predicted molar refractivity (Wildman–Crippen MR) is 122 cm³/mol. The Morgan fingerprint density at radius 2 is 1.79 bits per heavy atom. The van der Waals surface area contributed by atoms with Crippen molar-refractivity contribution in [3.63, 3.8) is 0 Å².